The fourth-order valence-corrected chi connectivity index (χ4v) is 1.14. The van der Waals surface area contributed by atoms with Gasteiger partial charge in [0.1, 0.15) is 0 Å². The Morgan fingerprint density at radius 3 is 2.64 bits per heavy atom. The van der Waals surface area contributed by atoms with E-state index in [-0.39, 0.29) is 5.91 Å². The predicted molar refractivity (Wildman–Crippen MR) is 56.9 cm³/mol. The highest BCUT2D eigenvalue weighted by Gasteiger charge is 2.13. The number of hydrogen-bond donors (Lipinski definition) is 2. The van der Waals surface area contributed by atoms with E-state index in [1.165, 1.54) is 0 Å². The topological polar surface area (TPSA) is 64.3 Å². The molecule has 0 saturated carbocycles. The van der Waals surface area contributed by atoms with Gasteiger partial charge >= 0.3 is 0 Å². The van der Waals surface area contributed by atoms with Gasteiger partial charge < -0.3 is 15.8 Å². The van der Waals surface area contributed by atoms with Crippen LogP contribution < -0.4 is 11.1 Å². The summed E-state index contributed by atoms with van der Waals surface area (Å²) >= 11 is 0. The van der Waals surface area contributed by atoms with Gasteiger partial charge in [-0.05, 0) is 19.3 Å². The maximum atomic E-state index is 11.3. The molecule has 0 bridgehead atoms. The van der Waals surface area contributed by atoms with Crippen LogP contribution in [0.5, 0.6) is 0 Å². The summed E-state index contributed by atoms with van der Waals surface area (Å²) in [5, 5.41) is 2.73. The molecule has 0 rings (SSSR count). The van der Waals surface area contributed by atoms with Crippen molar-refractivity contribution >= 4 is 5.91 Å². The Morgan fingerprint density at radius 1 is 1.50 bits per heavy atom. The normalized spacial score (nSPS) is 12.9. The zero-order valence-corrected chi connectivity index (χ0v) is 9.38. The maximum Gasteiger partial charge on any atom is 0.237 e. The molecule has 1 amide bonds. The van der Waals surface area contributed by atoms with Crippen molar-refractivity contribution in [3.8, 4) is 0 Å². The molecular weight excluding hydrogens is 180 g/mol. The van der Waals surface area contributed by atoms with Crippen LogP contribution in [-0.4, -0.2) is 31.7 Å². The van der Waals surface area contributed by atoms with Crippen molar-refractivity contribution < 1.29 is 9.53 Å². The number of amides is 1. The SMILES string of the molecule is CCOCCNC(=O)C(N)CC(C)C. The van der Waals surface area contributed by atoms with E-state index in [1.807, 2.05) is 20.8 Å². The molecule has 1 atom stereocenters. The molecule has 14 heavy (non-hydrogen) atoms. The molecule has 0 saturated heterocycles. The second kappa shape index (κ2) is 7.76. The summed E-state index contributed by atoms with van der Waals surface area (Å²) in [6.45, 7) is 7.79. The van der Waals surface area contributed by atoms with Crippen LogP contribution in [0.2, 0.25) is 0 Å². The Hall–Kier alpha value is -0.610. The van der Waals surface area contributed by atoms with Gasteiger partial charge in [0.15, 0.2) is 0 Å². The van der Waals surface area contributed by atoms with Crippen molar-refractivity contribution in [2.45, 2.75) is 33.2 Å². The molecule has 0 spiro atoms. The molecule has 0 aliphatic carbocycles. The number of hydrogen-bond acceptors (Lipinski definition) is 3. The average molecular weight is 202 g/mol. The molecule has 0 fully saturated rings. The van der Waals surface area contributed by atoms with E-state index in [2.05, 4.69) is 5.32 Å². The average Bonchev–Trinajstić information content (AvgIpc) is 2.11. The minimum Gasteiger partial charge on any atom is -0.380 e. The lowest BCUT2D eigenvalue weighted by molar-refractivity contribution is -0.122. The lowest BCUT2D eigenvalue weighted by Crippen LogP contribution is -2.42. The van der Waals surface area contributed by atoms with Gasteiger partial charge in [0.2, 0.25) is 5.91 Å². The number of carbonyl (C=O) groups is 1. The number of nitrogens with one attached hydrogen (secondary N) is 1. The number of rotatable bonds is 7. The number of nitrogens with two attached hydrogens (primary N) is 1. The van der Waals surface area contributed by atoms with E-state index >= 15 is 0 Å². The van der Waals surface area contributed by atoms with Gasteiger partial charge in [0.25, 0.3) is 0 Å². The summed E-state index contributed by atoms with van der Waals surface area (Å²) in [5.41, 5.74) is 5.68. The van der Waals surface area contributed by atoms with Crippen LogP contribution in [0.4, 0.5) is 0 Å². The Bertz CT molecular complexity index is 160. The highest BCUT2D eigenvalue weighted by molar-refractivity contribution is 5.81. The minimum atomic E-state index is -0.392. The van der Waals surface area contributed by atoms with Gasteiger partial charge in [-0.25, -0.2) is 0 Å². The molecule has 0 aromatic heterocycles. The zero-order valence-electron chi connectivity index (χ0n) is 9.38. The third kappa shape index (κ3) is 6.86. The Labute approximate surface area is 86.2 Å². The number of ether oxygens (including phenoxy) is 1. The molecule has 1 unspecified atom stereocenters. The summed E-state index contributed by atoms with van der Waals surface area (Å²) in [4.78, 5) is 11.3. The third-order valence-corrected chi connectivity index (χ3v) is 1.81. The van der Waals surface area contributed by atoms with Gasteiger partial charge in [-0.1, -0.05) is 13.8 Å². The van der Waals surface area contributed by atoms with Gasteiger partial charge in [0.05, 0.1) is 12.6 Å². The van der Waals surface area contributed by atoms with Crippen molar-refractivity contribution in [2.75, 3.05) is 19.8 Å². The Kier molecular flexibility index (Phi) is 7.42. The smallest absolute Gasteiger partial charge is 0.237 e. The van der Waals surface area contributed by atoms with Gasteiger partial charge in [0, 0.05) is 13.2 Å². The molecule has 0 aromatic rings. The van der Waals surface area contributed by atoms with E-state index in [0.717, 1.165) is 6.42 Å². The van der Waals surface area contributed by atoms with Crippen molar-refractivity contribution in [3.63, 3.8) is 0 Å². The van der Waals surface area contributed by atoms with Gasteiger partial charge in [-0.15, -0.1) is 0 Å². The molecule has 0 heterocycles. The van der Waals surface area contributed by atoms with Crippen LogP contribution in [-0.2, 0) is 9.53 Å². The van der Waals surface area contributed by atoms with E-state index in [9.17, 15) is 4.79 Å². The summed E-state index contributed by atoms with van der Waals surface area (Å²) in [6.07, 6.45) is 0.723. The summed E-state index contributed by atoms with van der Waals surface area (Å²) in [6, 6.07) is -0.392. The van der Waals surface area contributed by atoms with Crippen molar-refractivity contribution in [1.29, 1.82) is 0 Å². The molecule has 0 aliphatic rings. The van der Waals surface area contributed by atoms with Crippen molar-refractivity contribution in [2.24, 2.45) is 11.7 Å². The molecule has 0 radical (unpaired) electrons. The van der Waals surface area contributed by atoms with Crippen molar-refractivity contribution in [1.82, 2.24) is 5.32 Å². The van der Waals surface area contributed by atoms with Crippen LogP contribution in [0.3, 0.4) is 0 Å². The Morgan fingerprint density at radius 2 is 2.14 bits per heavy atom. The third-order valence-electron chi connectivity index (χ3n) is 1.81. The monoisotopic (exact) mass is 202 g/mol. The van der Waals surface area contributed by atoms with Crippen molar-refractivity contribution in [3.05, 3.63) is 0 Å². The zero-order chi connectivity index (χ0) is 11.0. The first-order valence-electron chi connectivity index (χ1n) is 5.19. The second-order valence-corrected chi connectivity index (χ2v) is 3.72. The maximum absolute atomic E-state index is 11.3. The van der Waals surface area contributed by atoms with Crippen LogP contribution in [0.15, 0.2) is 0 Å². The summed E-state index contributed by atoms with van der Waals surface area (Å²) in [7, 11) is 0. The summed E-state index contributed by atoms with van der Waals surface area (Å²) < 4.78 is 5.09. The minimum absolute atomic E-state index is 0.0848. The molecular formula is C10H22N2O2. The highest BCUT2D eigenvalue weighted by Crippen LogP contribution is 2.01. The predicted octanol–water partition coefficient (Wildman–Crippen LogP) is 0.513. The highest BCUT2D eigenvalue weighted by atomic mass is 16.5. The first-order chi connectivity index (χ1) is 6.57. The van der Waals surface area contributed by atoms with Crippen LogP contribution >= 0.6 is 0 Å². The summed E-state index contributed by atoms with van der Waals surface area (Å²) in [5.74, 6) is 0.362. The fourth-order valence-electron chi connectivity index (χ4n) is 1.14. The molecule has 84 valence electrons. The lowest BCUT2D eigenvalue weighted by atomic mass is 10.0. The van der Waals surface area contributed by atoms with E-state index in [1.54, 1.807) is 0 Å². The molecule has 0 aromatic carbocycles. The fraction of sp³-hybridized carbons (Fsp3) is 0.900. The van der Waals surface area contributed by atoms with E-state index < -0.39 is 6.04 Å². The lowest BCUT2D eigenvalue weighted by Gasteiger charge is -2.13. The van der Waals surface area contributed by atoms with Crippen LogP contribution in [0.25, 0.3) is 0 Å². The van der Waals surface area contributed by atoms with E-state index in [4.69, 9.17) is 10.5 Å². The first kappa shape index (κ1) is 13.4. The number of carbonyl (C=O) groups excluding carboxylic acids is 1. The van der Waals surface area contributed by atoms with Crippen LogP contribution in [0.1, 0.15) is 27.2 Å². The van der Waals surface area contributed by atoms with Crippen LogP contribution in [0, 0.1) is 5.92 Å². The van der Waals surface area contributed by atoms with Gasteiger partial charge in [-0.3, -0.25) is 4.79 Å². The quantitative estimate of drug-likeness (QED) is 0.591. The Balaban J connectivity index is 3.52. The standard InChI is InChI=1S/C10H22N2O2/c1-4-14-6-5-12-10(13)9(11)7-8(2)3/h8-9H,4-7,11H2,1-3H3,(H,12,13). The largest absolute Gasteiger partial charge is 0.380 e. The molecule has 0 aliphatic heterocycles. The van der Waals surface area contributed by atoms with E-state index in [0.29, 0.717) is 25.7 Å². The molecule has 4 nitrogen and oxygen atoms in total. The second-order valence-electron chi connectivity index (χ2n) is 3.72. The molecule has 3 N–H and O–H groups in total. The molecule has 4 heteroatoms. The first-order valence-corrected chi connectivity index (χ1v) is 5.19. The van der Waals surface area contributed by atoms with Gasteiger partial charge in [-0.2, -0.15) is 0 Å².